The van der Waals surface area contributed by atoms with Crippen LogP contribution in [0.2, 0.25) is 0 Å². The summed E-state index contributed by atoms with van der Waals surface area (Å²) in [4.78, 5) is 11.6. The molecule has 0 aliphatic heterocycles. The van der Waals surface area contributed by atoms with Crippen molar-refractivity contribution in [2.75, 3.05) is 0 Å². The minimum absolute atomic E-state index is 0.133. The van der Waals surface area contributed by atoms with Gasteiger partial charge in [-0.1, -0.05) is 5.21 Å². The van der Waals surface area contributed by atoms with Gasteiger partial charge in [-0.15, -0.1) is 5.10 Å². The van der Waals surface area contributed by atoms with E-state index in [1.807, 2.05) is 0 Å². The first-order valence-electron chi connectivity index (χ1n) is 5.07. The first-order valence-corrected chi connectivity index (χ1v) is 7.38. The van der Waals surface area contributed by atoms with E-state index in [9.17, 15) is 13.2 Å². The lowest BCUT2D eigenvalue weighted by atomic mass is 10.2. The van der Waals surface area contributed by atoms with Crippen molar-refractivity contribution in [2.45, 2.75) is 44.9 Å². The molecule has 0 unspecified atom stereocenters. The van der Waals surface area contributed by atoms with Crippen LogP contribution in [0.5, 0.6) is 0 Å². The number of esters is 1. The molecule has 1 aromatic rings. The summed E-state index contributed by atoms with van der Waals surface area (Å²) in [6.45, 7) is 6.19. The highest BCUT2D eigenvalue weighted by molar-refractivity contribution is 8.13. The van der Waals surface area contributed by atoms with E-state index in [0.29, 0.717) is 0 Å². The molecule has 0 aromatic carbocycles. The van der Waals surface area contributed by atoms with Gasteiger partial charge in [-0.05, 0) is 27.7 Å². The van der Waals surface area contributed by atoms with Crippen LogP contribution in [0.3, 0.4) is 0 Å². The molecule has 102 valence electrons. The summed E-state index contributed by atoms with van der Waals surface area (Å²) in [5, 5.41) is 6.83. The minimum atomic E-state index is -4.01. The van der Waals surface area contributed by atoms with Crippen LogP contribution in [0, 0.1) is 6.92 Å². The third kappa shape index (κ3) is 3.95. The number of carbonyl (C=O) groups is 1. The van der Waals surface area contributed by atoms with Crippen molar-refractivity contribution in [2.24, 2.45) is 0 Å². The van der Waals surface area contributed by atoms with Gasteiger partial charge in [0.05, 0.1) is 5.69 Å². The van der Waals surface area contributed by atoms with E-state index < -0.39 is 20.6 Å². The maximum absolute atomic E-state index is 11.6. The highest BCUT2D eigenvalue weighted by Gasteiger charge is 2.25. The molecule has 0 aliphatic carbocycles. The summed E-state index contributed by atoms with van der Waals surface area (Å²) in [5.74, 6) is -0.617. The number of ether oxygens (including phenoxy) is 1. The summed E-state index contributed by atoms with van der Waals surface area (Å²) in [6.07, 6.45) is 0. The molecule has 0 saturated carbocycles. The molecule has 0 saturated heterocycles. The molecule has 0 radical (unpaired) electrons. The highest BCUT2D eigenvalue weighted by Crippen LogP contribution is 2.17. The number of hydrogen-bond donors (Lipinski definition) is 0. The van der Waals surface area contributed by atoms with Gasteiger partial charge in [0.1, 0.15) is 12.1 Å². The smallest absolute Gasteiger partial charge is 0.328 e. The lowest BCUT2D eigenvalue weighted by Gasteiger charge is -2.19. The molecular formula is C9H14ClN3O4S. The Bertz CT molecular complexity index is 559. The van der Waals surface area contributed by atoms with E-state index in [2.05, 4.69) is 10.3 Å². The van der Waals surface area contributed by atoms with Gasteiger partial charge in [0, 0.05) is 10.7 Å². The van der Waals surface area contributed by atoms with E-state index >= 15 is 0 Å². The van der Waals surface area contributed by atoms with Crippen molar-refractivity contribution in [3.05, 3.63) is 5.69 Å². The number of hydrogen-bond acceptors (Lipinski definition) is 6. The largest absolute Gasteiger partial charge is 0.459 e. The second kappa shape index (κ2) is 4.85. The molecule has 0 bridgehead atoms. The van der Waals surface area contributed by atoms with E-state index in [4.69, 9.17) is 15.4 Å². The van der Waals surface area contributed by atoms with Gasteiger partial charge in [-0.3, -0.25) is 4.79 Å². The number of rotatable bonds is 3. The van der Waals surface area contributed by atoms with Gasteiger partial charge < -0.3 is 4.74 Å². The zero-order valence-corrected chi connectivity index (χ0v) is 12.0. The summed E-state index contributed by atoms with van der Waals surface area (Å²) < 4.78 is 28.6. The van der Waals surface area contributed by atoms with Crippen LogP contribution in [0.1, 0.15) is 26.5 Å². The summed E-state index contributed by atoms with van der Waals surface area (Å²) >= 11 is 0. The molecule has 18 heavy (non-hydrogen) atoms. The normalized spacial score (nSPS) is 12.5. The fourth-order valence-corrected chi connectivity index (χ4v) is 2.61. The zero-order chi connectivity index (χ0) is 14.1. The molecule has 1 heterocycles. The van der Waals surface area contributed by atoms with Crippen molar-refractivity contribution in [1.29, 1.82) is 0 Å². The third-order valence-corrected chi connectivity index (χ3v) is 3.18. The van der Waals surface area contributed by atoms with Gasteiger partial charge in [-0.25, -0.2) is 13.1 Å². The minimum Gasteiger partial charge on any atom is -0.459 e. The molecule has 1 aromatic heterocycles. The molecule has 7 nitrogen and oxygen atoms in total. The predicted octanol–water partition coefficient (Wildman–Crippen LogP) is 0.856. The van der Waals surface area contributed by atoms with Crippen molar-refractivity contribution in [3.63, 3.8) is 0 Å². The fourth-order valence-electron chi connectivity index (χ4n) is 1.29. The quantitative estimate of drug-likeness (QED) is 0.606. The standard InChI is InChI=1S/C9H14ClN3O4S/c1-6-8(18(10,15)16)13(12-11-6)5-7(14)17-9(2,3)4/h5H2,1-4H3. The zero-order valence-electron chi connectivity index (χ0n) is 10.5. The van der Waals surface area contributed by atoms with Crippen LogP contribution < -0.4 is 0 Å². The molecule has 0 aliphatic rings. The lowest BCUT2D eigenvalue weighted by molar-refractivity contribution is -0.155. The van der Waals surface area contributed by atoms with E-state index in [0.717, 1.165) is 4.68 Å². The first-order chi connectivity index (χ1) is 8.00. The van der Waals surface area contributed by atoms with Crippen LogP contribution in [0.25, 0.3) is 0 Å². The second-order valence-electron chi connectivity index (χ2n) is 4.66. The van der Waals surface area contributed by atoms with Crippen molar-refractivity contribution in [3.8, 4) is 0 Å². The molecule has 1 rings (SSSR count). The highest BCUT2D eigenvalue weighted by atomic mass is 35.7. The monoisotopic (exact) mass is 295 g/mol. The Balaban J connectivity index is 2.97. The Morgan fingerprint density at radius 1 is 1.44 bits per heavy atom. The van der Waals surface area contributed by atoms with Crippen molar-refractivity contribution < 1.29 is 17.9 Å². The molecule has 0 atom stereocenters. The molecule has 0 N–H and O–H groups in total. The Morgan fingerprint density at radius 3 is 2.44 bits per heavy atom. The van der Waals surface area contributed by atoms with Crippen LogP contribution in [-0.4, -0.2) is 35.0 Å². The van der Waals surface area contributed by atoms with Crippen LogP contribution in [-0.2, 0) is 25.1 Å². The third-order valence-electron chi connectivity index (χ3n) is 1.78. The lowest BCUT2D eigenvalue weighted by Crippen LogP contribution is -2.27. The van der Waals surface area contributed by atoms with Crippen molar-refractivity contribution >= 4 is 25.7 Å². The average Bonchev–Trinajstić information content (AvgIpc) is 2.41. The van der Waals surface area contributed by atoms with E-state index in [1.165, 1.54) is 6.92 Å². The number of nitrogens with zero attached hydrogens (tertiary/aromatic N) is 3. The molecule has 0 spiro atoms. The topological polar surface area (TPSA) is 91.2 Å². The summed E-state index contributed by atoms with van der Waals surface area (Å²) in [7, 11) is 1.24. The summed E-state index contributed by atoms with van der Waals surface area (Å²) in [5.41, 5.74) is -0.527. The molecule has 0 amide bonds. The Kier molecular flexibility index (Phi) is 4.02. The first kappa shape index (κ1) is 14.9. The Labute approximate surface area is 109 Å². The Hall–Kier alpha value is -1.15. The Morgan fingerprint density at radius 2 is 2.00 bits per heavy atom. The number of aryl methyl sites for hydroxylation is 1. The van der Waals surface area contributed by atoms with Crippen LogP contribution in [0.15, 0.2) is 5.03 Å². The van der Waals surface area contributed by atoms with Gasteiger partial charge in [0.25, 0.3) is 9.05 Å². The maximum Gasteiger partial charge on any atom is 0.328 e. The molecule has 9 heteroatoms. The predicted molar refractivity (Wildman–Crippen MR) is 63.6 cm³/mol. The van der Waals surface area contributed by atoms with Crippen molar-refractivity contribution in [1.82, 2.24) is 15.0 Å². The fraction of sp³-hybridized carbons (Fsp3) is 0.667. The van der Waals surface area contributed by atoms with Crippen LogP contribution >= 0.6 is 10.7 Å². The molecule has 0 fully saturated rings. The van der Waals surface area contributed by atoms with Gasteiger partial charge in [0.15, 0.2) is 5.03 Å². The van der Waals surface area contributed by atoms with Gasteiger partial charge in [-0.2, -0.15) is 0 Å². The SMILES string of the molecule is Cc1nnn(CC(=O)OC(C)(C)C)c1S(=O)(=O)Cl. The van der Waals surface area contributed by atoms with Gasteiger partial charge in [0.2, 0.25) is 0 Å². The van der Waals surface area contributed by atoms with Crippen LogP contribution in [0.4, 0.5) is 0 Å². The summed E-state index contributed by atoms with van der Waals surface area (Å²) in [6, 6.07) is 0. The second-order valence-corrected chi connectivity index (χ2v) is 7.14. The number of aromatic nitrogens is 3. The maximum atomic E-state index is 11.6. The van der Waals surface area contributed by atoms with E-state index in [1.54, 1.807) is 20.8 Å². The van der Waals surface area contributed by atoms with E-state index in [-0.39, 0.29) is 17.3 Å². The molecular weight excluding hydrogens is 282 g/mol. The number of halogens is 1. The van der Waals surface area contributed by atoms with Gasteiger partial charge >= 0.3 is 5.97 Å². The average molecular weight is 296 g/mol. The number of carbonyl (C=O) groups excluding carboxylic acids is 1.